The van der Waals surface area contributed by atoms with Gasteiger partial charge in [-0.1, -0.05) is 12.1 Å². The molecule has 1 atom stereocenters. The minimum absolute atomic E-state index is 0.336. The van der Waals surface area contributed by atoms with Gasteiger partial charge in [-0.15, -0.1) is 0 Å². The van der Waals surface area contributed by atoms with Gasteiger partial charge in [0.15, 0.2) is 0 Å². The molecule has 0 bridgehead atoms. The highest BCUT2D eigenvalue weighted by Crippen LogP contribution is 2.19. The van der Waals surface area contributed by atoms with Gasteiger partial charge in [-0.3, -0.25) is 4.90 Å². The van der Waals surface area contributed by atoms with Gasteiger partial charge in [0, 0.05) is 20.2 Å². The van der Waals surface area contributed by atoms with Crippen LogP contribution in [0.25, 0.3) is 0 Å². The summed E-state index contributed by atoms with van der Waals surface area (Å²) in [6, 6.07) is 7.47. The lowest BCUT2D eigenvalue weighted by molar-refractivity contribution is 0.152. The Balaban J connectivity index is 1.84. The van der Waals surface area contributed by atoms with Crippen LogP contribution in [0.4, 0.5) is 0 Å². The summed E-state index contributed by atoms with van der Waals surface area (Å²) in [4.78, 5) is 2.44. The number of phenols is 1. The molecule has 3 heteroatoms. The summed E-state index contributed by atoms with van der Waals surface area (Å²) < 4.78 is 5.18. The van der Waals surface area contributed by atoms with Crippen LogP contribution in [0.5, 0.6) is 5.75 Å². The lowest BCUT2D eigenvalue weighted by atomic mass is 10.1. The molecule has 1 aromatic carbocycles. The fraction of sp³-hybridized carbons (Fsp3) is 0.538. The fourth-order valence-electron chi connectivity index (χ4n) is 2.29. The lowest BCUT2D eigenvalue weighted by Gasteiger charge is -2.15. The molecule has 1 aliphatic rings. The smallest absolute Gasteiger partial charge is 0.115 e. The second-order valence-corrected chi connectivity index (χ2v) is 4.51. The van der Waals surface area contributed by atoms with E-state index in [1.54, 1.807) is 19.2 Å². The summed E-state index contributed by atoms with van der Waals surface area (Å²) in [6.07, 6.45) is 1.23. The van der Waals surface area contributed by atoms with E-state index in [1.165, 1.54) is 12.0 Å². The number of nitrogens with zero attached hydrogens (tertiary/aromatic N) is 1. The summed E-state index contributed by atoms with van der Waals surface area (Å²) in [7, 11) is 1.77. The van der Waals surface area contributed by atoms with E-state index >= 15 is 0 Å². The van der Waals surface area contributed by atoms with Gasteiger partial charge in [-0.05, 0) is 36.6 Å². The minimum Gasteiger partial charge on any atom is -0.508 e. The maximum Gasteiger partial charge on any atom is 0.115 e. The summed E-state index contributed by atoms with van der Waals surface area (Å²) in [5, 5.41) is 9.20. The molecule has 0 spiro atoms. The van der Waals surface area contributed by atoms with Gasteiger partial charge in [0.25, 0.3) is 0 Å². The van der Waals surface area contributed by atoms with Crippen LogP contribution in [0.15, 0.2) is 24.3 Å². The molecule has 3 nitrogen and oxygen atoms in total. The molecule has 0 saturated carbocycles. The monoisotopic (exact) mass is 221 g/mol. The van der Waals surface area contributed by atoms with Crippen LogP contribution in [-0.4, -0.2) is 36.8 Å². The highest BCUT2D eigenvalue weighted by atomic mass is 16.5. The molecule has 0 amide bonds. The van der Waals surface area contributed by atoms with E-state index in [2.05, 4.69) is 4.90 Å². The molecular weight excluding hydrogens is 202 g/mol. The van der Waals surface area contributed by atoms with Gasteiger partial charge in [-0.25, -0.2) is 0 Å². The molecule has 1 N–H and O–H groups in total. The van der Waals surface area contributed by atoms with E-state index in [0.717, 1.165) is 26.2 Å². The summed E-state index contributed by atoms with van der Waals surface area (Å²) in [6.45, 7) is 4.11. The molecule has 1 aromatic rings. The predicted octanol–water partition coefficient (Wildman–Crippen LogP) is 1.86. The number of ether oxygens (including phenoxy) is 1. The van der Waals surface area contributed by atoms with Crippen LogP contribution in [0.3, 0.4) is 0 Å². The number of hydrogen-bond acceptors (Lipinski definition) is 3. The van der Waals surface area contributed by atoms with Crippen molar-refractivity contribution in [3.8, 4) is 5.75 Å². The third-order valence-electron chi connectivity index (χ3n) is 3.11. The quantitative estimate of drug-likeness (QED) is 0.842. The Labute approximate surface area is 96.6 Å². The topological polar surface area (TPSA) is 32.7 Å². The molecule has 0 aliphatic carbocycles. The molecular formula is C13H19NO2. The average molecular weight is 221 g/mol. The van der Waals surface area contributed by atoms with E-state index in [1.807, 2.05) is 12.1 Å². The number of benzene rings is 1. The zero-order chi connectivity index (χ0) is 11.4. The maximum absolute atomic E-state index is 9.20. The molecule has 1 aliphatic heterocycles. The van der Waals surface area contributed by atoms with Gasteiger partial charge in [0.05, 0.1) is 6.61 Å². The maximum atomic E-state index is 9.20. The third kappa shape index (κ3) is 2.97. The van der Waals surface area contributed by atoms with E-state index in [-0.39, 0.29) is 0 Å². The average Bonchev–Trinajstić information content (AvgIpc) is 2.70. The van der Waals surface area contributed by atoms with Crippen molar-refractivity contribution >= 4 is 0 Å². The Hall–Kier alpha value is -1.06. The highest BCUT2D eigenvalue weighted by molar-refractivity contribution is 5.25. The van der Waals surface area contributed by atoms with E-state index in [4.69, 9.17) is 4.74 Å². The Kier molecular flexibility index (Phi) is 3.80. The molecule has 2 rings (SSSR count). The van der Waals surface area contributed by atoms with Gasteiger partial charge in [-0.2, -0.15) is 0 Å². The zero-order valence-electron chi connectivity index (χ0n) is 9.72. The van der Waals surface area contributed by atoms with Crippen molar-refractivity contribution < 1.29 is 9.84 Å². The molecule has 1 saturated heterocycles. The van der Waals surface area contributed by atoms with Crippen LogP contribution >= 0.6 is 0 Å². The summed E-state index contributed by atoms with van der Waals surface area (Å²) in [5.74, 6) is 1.02. The Morgan fingerprint density at radius 2 is 2.12 bits per heavy atom. The lowest BCUT2D eigenvalue weighted by Crippen LogP contribution is -2.21. The van der Waals surface area contributed by atoms with Gasteiger partial charge in [0.2, 0.25) is 0 Å². The first-order valence-corrected chi connectivity index (χ1v) is 5.77. The second kappa shape index (κ2) is 5.32. The van der Waals surface area contributed by atoms with Crippen molar-refractivity contribution in [1.29, 1.82) is 0 Å². The van der Waals surface area contributed by atoms with Gasteiger partial charge < -0.3 is 9.84 Å². The Bertz CT molecular complexity index is 323. The van der Waals surface area contributed by atoms with Crippen LogP contribution < -0.4 is 0 Å². The van der Waals surface area contributed by atoms with Crippen LogP contribution in [0.2, 0.25) is 0 Å². The number of likely N-dealkylation sites (tertiary alicyclic amines) is 1. The van der Waals surface area contributed by atoms with Crippen LogP contribution in [0.1, 0.15) is 12.0 Å². The number of methoxy groups -OCH3 is 1. The predicted molar refractivity (Wildman–Crippen MR) is 63.4 cm³/mol. The van der Waals surface area contributed by atoms with Crippen molar-refractivity contribution in [1.82, 2.24) is 4.90 Å². The molecule has 1 heterocycles. The zero-order valence-corrected chi connectivity index (χ0v) is 9.72. The number of hydrogen-bond donors (Lipinski definition) is 1. The standard InChI is InChI=1S/C13H19NO2/c1-16-10-12-6-7-14(9-12)8-11-2-4-13(15)5-3-11/h2-5,12,15H,6-10H2,1H3. The first-order valence-electron chi connectivity index (χ1n) is 5.77. The van der Waals surface area contributed by atoms with E-state index < -0.39 is 0 Å². The van der Waals surface area contributed by atoms with Crippen molar-refractivity contribution in [2.24, 2.45) is 5.92 Å². The van der Waals surface area contributed by atoms with E-state index in [9.17, 15) is 5.11 Å². The van der Waals surface area contributed by atoms with Gasteiger partial charge in [0.1, 0.15) is 5.75 Å². The normalized spacial score (nSPS) is 21.4. The number of rotatable bonds is 4. The van der Waals surface area contributed by atoms with Crippen LogP contribution in [-0.2, 0) is 11.3 Å². The van der Waals surface area contributed by atoms with E-state index in [0.29, 0.717) is 11.7 Å². The largest absolute Gasteiger partial charge is 0.508 e. The Morgan fingerprint density at radius 1 is 1.38 bits per heavy atom. The summed E-state index contributed by atoms with van der Waals surface area (Å²) >= 11 is 0. The number of aromatic hydroxyl groups is 1. The number of phenolic OH excluding ortho intramolecular Hbond substituents is 1. The summed E-state index contributed by atoms with van der Waals surface area (Å²) in [5.41, 5.74) is 1.26. The molecule has 1 unspecified atom stereocenters. The Morgan fingerprint density at radius 3 is 2.81 bits per heavy atom. The van der Waals surface area contributed by atoms with Gasteiger partial charge >= 0.3 is 0 Å². The molecule has 88 valence electrons. The minimum atomic E-state index is 0.336. The van der Waals surface area contributed by atoms with Crippen LogP contribution in [0, 0.1) is 5.92 Å². The molecule has 0 radical (unpaired) electrons. The first kappa shape index (κ1) is 11.4. The van der Waals surface area contributed by atoms with Crippen molar-refractivity contribution in [3.63, 3.8) is 0 Å². The van der Waals surface area contributed by atoms with Crippen molar-refractivity contribution in [3.05, 3.63) is 29.8 Å². The highest BCUT2D eigenvalue weighted by Gasteiger charge is 2.21. The van der Waals surface area contributed by atoms with Crippen molar-refractivity contribution in [2.75, 3.05) is 26.8 Å². The molecule has 16 heavy (non-hydrogen) atoms. The second-order valence-electron chi connectivity index (χ2n) is 4.51. The van der Waals surface area contributed by atoms with Crippen molar-refractivity contribution in [2.45, 2.75) is 13.0 Å². The first-order chi connectivity index (χ1) is 7.78. The SMILES string of the molecule is COCC1CCN(Cc2ccc(O)cc2)C1. The fourth-order valence-corrected chi connectivity index (χ4v) is 2.29. The molecule has 1 fully saturated rings. The molecule has 0 aromatic heterocycles. The third-order valence-corrected chi connectivity index (χ3v) is 3.11.